The molecular weight excluding hydrogens is 328 g/mol. The molecule has 0 spiro atoms. The zero-order valence-electron chi connectivity index (χ0n) is 9.95. The summed E-state index contributed by atoms with van der Waals surface area (Å²) in [5.41, 5.74) is 0.0744. The predicted octanol–water partition coefficient (Wildman–Crippen LogP) is 2.24. The van der Waals surface area contributed by atoms with E-state index in [2.05, 4.69) is 30.7 Å². The van der Waals surface area contributed by atoms with Crippen molar-refractivity contribution in [3.05, 3.63) is 22.2 Å². The van der Waals surface area contributed by atoms with Crippen LogP contribution in [0.2, 0.25) is 0 Å². The average molecular weight is 340 g/mol. The molecule has 5 nitrogen and oxygen atoms in total. The fourth-order valence-electron chi connectivity index (χ4n) is 1.41. The molecule has 0 amide bonds. The molecule has 0 bridgehead atoms. The molecular formula is C11H12BrF2NO4. The first-order chi connectivity index (χ1) is 8.99. The summed E-state index contributed by atoms with van der Waals surface area (Å²) in [6, 6.07) is 2.74. The fourth-order valence-corrected chi connectivity index (χ4v) is 1.85. The lowest BCUT2D eigenvalue weighted by Crippen LogP contribution is -2.14. The molecule has 0 radical (unpaired) electrons. The summed E-state index contributed by atoms with van der Waals surface area (Å²) in [7, 11) is 1.13. The average Bonchev–Trinajstić information content (AvgIpc) is 2.34. The van der Waals surface area contributed by atoms with Crippen LogP contribution in [0.4, 0.5) is 14.5 Å². The van der Waals surface area contributed by atoms with E-state index in [9.17, 15) is 13.6 Å². The van der Waals surface area contributed by atoms with Crippen molar-refractivity contribution < 1.29 is 28.2 Å². The topological polar surface area (TPSA) is 67.8 Å². The van der Waals surface area contributed by atoms with Crippen LogP contribution in [0.3, 0.4) is 0 Å². The van der Waals surface area contributed by atoms with Crippen LogP contribution in [0.15, 0.2) is 16.6 Å². The number of aliphatic hydroxyl groups excluding tert-OH is 1. The second-order valence-corrected chi connectivity index (χ2v) is 4.26. The van der Waals surface area contributed by atoms with Gasteiger partial charge in [0.2, 0.25) is 0 Å². The molecule has 0 atom stereocenters. The number of carbonyl (C=O) groups excluding carboxylic acids is 1. The standard InChI is InChI=1S/C11H12BrF2NO4/c1-18-10(17)9-7(15-2-3-16)4-6(12)5-8(9)19-11(13)14/h4-5,11,15-16H,2-3H2,1H3. The predicted molar refractivity (Wildman–Crippen MR) is 67.7 cm³/mol. The molecule has 0 saturated heterocycles. The Morgan fingerprint density at radius 1 is 1.53 bits per heavy atom. The number of rotatable bonds is 6. The molecule has 0 aliphatic rings. The molecule has 0 saturated carbocycles. The first-order valence-electron chi connectivity index (χ1n) is 5.21. The number of anilines is 1. The van der Waals surface area contributed by atoms with E-state index < -0.39 is 12.6 Å². The highest BCUT2D eigenvalue weighted by Crippen LogP contribution is 2.33. The van der Waals surface area contributed by atoms with Crippen LogP contribution in [0, 0.1) is 0 Å². The van der Waals surface area contributed by atoms with Crippen LogP contribution in [-0.2, 0) is 4.74 Å². The van der Waals surface area contributed by atoms with E-state index in [1.54, 1.807) is 0 Å². The van der Waals surface area contributed by atoms with Gasteiger partial charge in [-0.3, -0.25) is 0 Å². The third-order valence-electron chi connectivity index (χ3n) is 2.10. The fraction of sp³-hybridized carbons (Fsp3) is 0.364. The number of nitrogens with one attached hydrogen (secondary N) is 1. The Morgan fingerprint density at radius 3 is 2.74 bits per heavy atom. The van der Waals surface area contributed by atoms with Crippen LogP contribution in [0.1, 0.15) is 10.4 Å². The van der Waals surface area contributed by atoms with E-state index in [0.717, 1.165) is 7.11 Å². The number of alkyl halides is 2. The van der Waals surface area contributed by atoms with Crippen LogP contribution < -0.4 is 10.1 Å². The molecule has 106 valence electrons. The number of benzene rings is 1. The third kappa shape index (κ3) is 4.32. The zero-order chi connectivity index (χ0) is 14.4. The molecule has 0 fully saturated rings. The lowest BCUT2D eigenvalue weighted by atomic mass is 10.1. The number of esters is 1. The van der Waals surface area contributed by atoms with Crippen molar-refractivity contribution >= 4 is 27.6 Å². The SMILES string of the molecule is COC(=O)c1c(NCCO)cc(Br)cc1OC(F)F. The second kappa shape index (κ2) is 7.25. The largest absolute Gasteiger partial charge is 0.465 e. The van der Waals surface area contributed by atoms with Gasteiger partial charge in [-0.1, -0.05) is 15.9 Å². The maximum Gasteiger partial charge on any atom is 0.387 e. The van der Waals surface area contributed by atoms with Crippen LogP contribution >= 0.6 is 15.9 Å². The van der Waals surface area contributed by atoms with E-state index in [4.69, 9.17) is 5.11 Å². The second-order valence-electron chi connectivity index (χ2n) is 3.35. The van der Waals surface area contributed by atoms with Gasteiger partial charge in [-0.15, -0.1) is 0 Å². The Kier molecular flexibility index (Phi) is 5.97. The van der Waals surface area contributed by atoms with E-state index in [-0.39, 0.29) is 30.2 Å². The summed E-state index contributed by atoms with van der Waals surface area (Å²) in [6.07, 6.45) is 0. The summed E-state index contributed by atoms with van der Waals surface area (Å²) in [4.78, 5) is 11.6. The summed E-state index contributed by atoms with van der Waals surface area (Å²) in [6.45, 7) is -3.10. The molecule has 1 rings (SSSR count). The molecule has 0 aromatic heterocycles. The number of aliphatic hydroxyl groups is 1. The first-order valence-corrected chi connectivity index (χ1v) is 6.00. The van der Waals surface area contributed by atoms with Gasteiger partial charge in [-0.25, -0.2) is 4.79 Å². The van der Waals surface area contributed by atoms with Gasteiger partial charge in [0, 0.05) is 11.0 Å². The van der Waals surface area contributed by atoms with Crippen molar-refractivity contribution in [3.63, 3.8) is 0 Å². The van der Waals surface area contributed by atoms with Crippen molar-refractivity contribution in [2.24, 2.45) is 0 Å². The molecule has 0 unspecified atom stereocenters. The summed E-state index contributed by atoms with van der Waals surface area (Å²) in [5, 5.41) is 11.5. The lowest BCUT2D eigenvalue weighted by Gasteiger charge is -2.15. The Hall–Kier alpha value is -1.41. The number of hydrogen-bond donors (Lipinski definition) is 2. The zero-order valence-corrected chi connectivity index (χ0v) is 11.5. The maximum absolute atomic E-state index is 12.3. The number of carbonyl (C=O) groups is 1. The highest BCUT2D eigenvalue weighted by Gasteiger charge is 2.21. The van der Waals surface area contributed by atoms with Gasteiger partial charge in [-0.2, -0.15) is 8.78 Å². The van der Waals surface area contributed by atoms with Gasteiger partial charge in [0.05, 0.1) is 19.4 Å². The van der Waals surface area contributed by atoms with Crippen molar-refractivity contribution in [2.75, 3.05) is 25.6 Å². The Balaban J connectivity index is 3.26. The normalized spacial score (nSPS) is 10.4. The first kappa shape index (κ1) is 15.6. The van der Waals surface area contributed by atoms with Crippen molar-refractivity contribution in [2.45, 2.75) is 6.61 Å². The Bertz CT molecular complexity index is 457. The molecule has 0 aliphatic heterocycles. The number of ether oxygens (including phenoxy) is 2. The molecule has 1 aromatic rings. The monoisotopic (exact) mass is 339 g/mol. The van der Waals surface area contributed by atoms with E-state index in [1.165, 1.54) is 12.1 Å². The van der Waals surface area contributed by atoms with Crippen LogP contribution in [0.5, 0.6) is 5.75 Å². The summed E-state index contributed by atoms with van der Waals surface area (Å²) >= 11 is 3.12. The minimum Gasteiger partial charge on any atom is -0.465 e. The van der Waals surface area contributed by atoms with E-state index >= 15 is 0 Å². The Morgan fingerprint density at radius 2 is 2.21 bits per heavy atom. The number of halogens is 3. The third-order valence-corrected chi connectivity index (χ3v) is 2.56. The maximum atomic E-state index is 12.3. The molecule has 0 aliphatic carbocycles. The van der Waals surface area contributed by atoms with Crippen molar-refractivity contribution in [1.82, 2.24) is 0 Å². The van der Waals surface area contributed by atoms with Crippen LogP contribution in [-0.4, -0.2) is 37.9 Å². The molecule has 1 aromatic carbocycles. The number of hydrogen-bond acceptors (Lipinski definition) is 5. The van der Waals surface area contributed by atoms with Gasteiger partial charge in [0.25, 0.3) is 0 Å². The van der Waals surface area contributed by atoms with Crippen molar-refractivity contribution in [1.29, 1.82) is 0 Å². The highest BCUT2D eigenvalue weighted by molar-refractivity contribution is 9.10. The molecule has 8 heteroatoms. The lowest BCUT2D eigenvalue weighted by molar-refractivity contribution is -0.0503. The quantitative estimate of drug-likeness (QED) is 0.778. The van der Waals surface area contributed by atoms with E-state index in [0.29, 0.717) is 4.47 Å². The smallest absolute Gasteiger partial charge is 0.387 e. The van der Waals surface area contributed by atoms with Gasteiger partial charge in [0.1, 0.15) is 11.3 Å². The number of methoxy groups -OCH3 is 1. The molecule has 2 N–H and O–H groups in total. The Labute approximate surface area is 116 Å². The molecule has 0 heterocycles. The highest BCUT2D eigenvalue weighted by atomic mass is 79.9. The van der Waals surface area contributed by atoms with Gasteiger partial charge in [0.15, 0.2) is 0 Å². The van der Waals surface area contributed by atoms with Gasteiger partial charge in [-0.05, 0) is 12.1 Å². The van der Waals surface area contributed by atoms with Crippen LogP contribution in [0.25, 0.3) is 0 Å². The van der Waals surface area contributed by atoms with Crippen molar-refractivity contribution in [3.8, 4) is 5.75 Å². The van der Waals surface area contributed by atoms with E-state index in [1.807, 2.05) is 0 Å². The minimum atomic E-state index is -3.07. The minimum absolute atomic E-state index is 0.147. The summed E-state index contributed by atoms with van der Waals surface area (Å²) < 4.78 is 33.9. The molecule has 19 heavy (non-hydrogen) atoms. The van der Waals surface area contributed by atoms with Gasteiger partial charge >= 0.3 is 12.6 Å². The summed E-state index contributed by atoms with van der Waals surface area (Å²) in [5.74, 6) is -1.12. The van der Waals surface area contributed by atoms with Gasteiger partial charge < -0.3 is 19.9 Å².